The van der Waals surface area contributed by atoms with Crippen molar-refractivity contribution in [2.24, 2.45) is 5.73 Å². The van der Waals surface area contributed by atoms with Crippen LogP contribution in [0.25, 0.3) is 0 Å². The number of hydrogen-bond donors (Lipinski definition) is 3. The number of anilines is 2. The van der Waals surface area contributed by atoms with Gasteiger partial charge in [0.1, 0.15) is 0 Å². The van der Waals surface area contributed by atoms with Gasteiger partial charge in [-0.25, -0.2) is 0 Å². The minimum absolute atomic E-state index is 0.132. The van der Waals surface area contributed by atoms with Crippen LogP contribution >= 0.6 is 0 Å². The quantitative estimate of drug-likeness (QED) is 0.439. The van der Waals surface area contributed by atoms with Crippen molar-refractivity contribution in [1.29, 1.82) is 0 Å². The highest BCUT2D eigenvalue weighted by molar-refractivity contribution is 6.43. The summed E-state index contributed by atoms with van der Waals surface area (Å²) in [6, 6.07) is 10.7. The number of primary amides is 1. The maximum absolute atomic E-state index is 11.8. The van der Waals surface area contributed by atoms with Gasteiger partial charge in [0.2, 0.25) is 5.91 Å². The van der Waals surface area contributed by atoms with E-state index in [-0.39, 0.29) is 16.9 Å². The predicted molar refractivity (Wildman–Crippen MR) is 85.3 cm³/mol. The lowest BCUT2D eigenvalue weighted by molar-refractivity contribution is -0.384. The van der Waals surface area contributed by atoms with Gasteiger partial charge in [-0.1, -0.05) is 0 Å². The zero-order valence-electron chi connectivity index (χ0n) is 12.2. The van der Waals surface area contributed by atoms with Crippen molar-refractivity contribution in [2.75, 3.05) is 10.6 Å². The standard InChI is InChI=1S/C15H12N4O5/c16-13(20)9-1-3-10(4-2-9)17-14(21)15(22)18-11-5-7-12(8-6-11)19(23)24/h1-8H,(H2,16,20)(H,17,21)(H,18,22). The average molecular weight is 328 g/mol. The highest BCUT2D eigenvalue weighted by Gasteiger charge is 2.15. The van der Waals surface area contributed by atoms with Gasteiger partial charge in [0.25, 0.3) is 5.69 Å². The Labute approximate surface area is 135 Å². The molecule has 0 radical (unpaired) electrons. The largest absolute Gasteiger partial charge is 0.366 e. The van der Waals surface area contributed by atoms with Gasteiger partial charge in [-0.15, -0.1) is 0 Å². The van der Waals surface area contributed by atoms with Crippen LogP contribution in [0.1, 0.15) is 10.4 Å². The summed E-state index contributed by atoms with van der Waals surface area (Å²) in [6.07, 6.45) is 0. The third kappa shape index (κ3) is 4.13. The fourth-order valence-electron chi connectivity index (χ4n) is 1.76. The molecule has 0 bridgehead atoms. The van der Waals surface area contributed by atoms with Crippen LogP contribution in [0, 0.1) is 10.1 Å². The zero-order chi connectivity index (χ0) is 17.7. The Morgan fingerprint density at radius 1 is 0.833 bits per heavy atom. The van der Waals surface area contributed by atoms with Crippen LogP contribution in [-0.4, -0.2) is 22.6 Å². The van der Waals surface area contributed by atoms with Gasteiger partial charge in [-0.3, -0.25) is 24.5 Å². The summed E-state index contributed by atoms with van der Waals surface area (Å²) in [4.78, 5) is 44.5. The number of hydrogen-bond acceptors (Lipinski definition) is 5. The van der Waals surface area contributed by atoms with Crippen LogP contribution in [0.15, 0.2) is 48.5 Å². The number of carbonyl (C=O) groups is 3. The molecule has 0 unspecified atom stereocenters. The van der Waals surface area contributed by atoms with Gasteiger partial charge in [-0.05, 0) is 36.4 Å². The molecule has 4 N–H and O–H groups in total. The number of benzene rings is 2. The molecule has 9 nitrogen and oxygen atoms in total. The van der Waals surface area contributed by atoms with Crippen LogP contribution in [-0.2, 0) is 9.59 Å². The van der Waals surface area contributed by atoms with Crippen molar-refractivity contribution < 1.29 is 19.3 Å². The molecule has 0 spiro atoms. The van der Waals surface area contributed by atoms with E-state index in [1.807, 2.05) is 0 Å². The monoisotopic (exact) mass is 328 g/mol. The Kier molecular flexibility index (Phi) is 4.85. The summed E-state index contributed by atoms with van der Waals surface area (Å²) in [7, 11) is 0. The van der Waals surface area contributed by atoms with E-state index in [1.165, 1.54) is 48.5 Å². The molecular formula is C15H12N4O5. The molecule has 0 fully saturated rings. The summed E-state index contributed by atoms with van der Waals surface area (Å²) < 4.78 is 0. The topological polar surface area (TPSA) is 144 Å². The first kappa shape index (κ1) is 16.6. The van der Waals surface area contributed by atoms with Crippen molar-refractivity contribution in [3.05, 3.63) is 64.2 Å². The fourth-order valence-corrected chi connectivity index (χ4v) is 1.76. The maximum atomic E-state index is 11.8. The second kappa shape index (κ2) is 7.01. The molecule has 9 heteroatoms. The average Bonchev–Trinajstić information content (AvgIpc) is 2.55. The van der Waals surface area contributed by atoms with Crippen molar-refractivity contribution in [2.45, 2.75) is 0 Å². The predicted octanol–water partition coefficient (Wildman–Crippen LogP) is 1.27. The molecule has 0 heterocycles. The molecule has 2 aromatic rings. The van der Waals surface area contributed by atoms with Crippen molar-refractivity contribution in [3.63, 3.8) is 0 Å². The first-order valence-electron chi connectivity index (χ1n) is 6.63. The van der Waals surface area contributed by atoms with Gasteiger partial charge in [0.15, 0.2) is 0 Å². The number of nitrogens with zero attached hydrogens (tertiary/aromatic N) is 1. The lowest BCUT2D eigenvalue weighted by atomic mass is 10.2. The Bertz CT molecular complexity index is 730. The van der Waals surface area contributed by atoms with Crippen LogP contribution in [0.5, 0.6) is 0 Å². The number of nitrogens with two attached hydrogens (primary N) is 1. The van der Waals surface area contributed by atoms with Crippen molar-refractivity contribution in [1.82, 2.24) is 0 Å². The second-order valence-corrected chi connectivity index (χ2v) is 4.65. The Balaban J connectivity index is 1.97. The molecule has 2 aromatic carbocycles. The van der Waals surface area contributed by atoms with E-state index in [1.54, 1.807) is 0 Å². The maximum Gasteiger partial charge on any atom is 0.314 e. The first-order valence-corrected chi connectivity index (χ1v) is 6.63. The van der Waals surface area contributed by atoms with E-state index in [2.05, 4.69) is 10.6 Å². The first-order chi connectivity index (χ1) is 11.4. The summed E-state index contributed by atoms with van der Waals surface area (Å²) >= 11 is 0. The summed E-state index contributed by atoms with van der Waals surface area (Å²) in [5, 5.41) is 15.2. The molecule has 3 amide bonds. The summed E-state index contributed by atoms with van der Waals surface area (Å²) in [6.45, 7) is 0. The fraction of sp³-hybridized carbons (Fsp3) is 0. The normalized spacial score (nSPS) is 9.83. The van der Waals surface area contributed by atoms with Crippen LogP contribution < -0.4 is 16.4 Å². The second-order valence-electron chi connectivity index (χ2n) is 4.65. The van der Waals surface area contributed by atoms with E-state index in [0.717, 1.165) is 0 Å². The number of nitro groups is 1. The molecule has 0 aliphatic heterocycles. The number of amides is 3. The molecular weight excluding hydrogens is 316 g/mol. The molecule has 0 aromatic heterocycles. The third-order valence-electron chi connectivity index (χ3n) is 2.97. The third-order valence-corrected chi connectivity index (χ3v) is 2.97. The van der Waals surface area contributed by atoms with Crippen molar-refractivity contribution in [3.8, 4) is 0 Å². The van der Waals surface area contributed by atoms with E-state index in [9.17, 15) is 24.5 Å². The van der Waals surface area contributed by atoms with Crippen LogP contribution in [0.3, 0.4) is 0 Å². The SMILES string of the molecule is NC(=O)c1ccc(NC(=O)C(=O)Nc2ccc([N+](=O)[O-])cc2)cc1. The number of non-ortho nitro benzene ring substituents is 1. The molecule has 2 rings (SSSR count). The molecule has 0 aliphatic rings. The van der Waals surface area contributed by atoms with Gasteiger partial charge in [0.05, 0.1) is 4.92 Å². The Morgan fingerprint density at radius 2 is 1.25 bits per heavy atom. The highest BCUT2D eigenvalue weighted by atomic mass is 16.6. The van der Waals surface area contributed by atoms with Gasteiger partial charge in [-0.2, -0.15) is 0 Å². The summed E-state index contributed by atoms with van der Waals surface area (Å²) in [5.74, 6) is -2.48. The van der Waals surface area contributed by atoms with E-state index < -0.39 is 22.6 Å². The molecule has 122 valence electrons. The molecule has 0 saturated heterocycles. The number of nitrogens with one attached hydrogen (secondary N) is 2. The molecule has 0 saturated carbocycles. The number of carbonyl (C=O) groups excluding carboxylic acids is 3. The Morgan fingerprint density at radius 3 is 1.62 bits per heavy atom. The smallest absolute Gasteiger partial charge is 0.314 e. The Hall–Kier alpha value is -3.75. The zero-order valence-corrected chi connectivity index (χ0v) is 12.2. The lowest BCUT2D eigenvalue weighted by Crippen LogP contribution is -2.29. The minimum Gasteiger partial charge on any atom is -0.366 e. The number of rotatable bonds is 4. The number of nitro benzene ring substituents is 1. The minimum atomic E-state index is -0.942. The van der Waals surface area contributed by atoms with E-state index in [4.69, 9.17) is 5.73 Å². The molecule has 0 atom stereocenters. The van der Waals surface area contributed by atoms with Crippen LogP contribution in [0.2, 0.25) is 0 Å². The summed E-state index contributed by atoms with van der Waals surface area (Å²) in [5.41, 5.74) is 5.78. The van der Waals surface area contributed by atoms with E-state index in [0.29, 0.717) is 5.69 Å². The lowest BCUT2D eigenvalue weighted by Gasteiger charge is -2.07. The van der Waals surface area contributed by atoms with E-state index >= 15 is 0 Å². The van der Waals surface area contributed by atoms with Gasteiger partial charge in [0, 0.05) is 29.1 Å². The molecule has 0 aliphatic carbocycles. The highest BCUT2D eigenvalue weighted by Crippen LogP contribution is 2.15. The van der Waals surface area contributed by atoms with Crippen molar-refractivity contribution >= 4 is 34.8 Å². The van der Waals surface area contributed by atoms with Gasteiger partial charge >= 0.3 is 11.8 Å². The van der Waals surface area contributed by atoms with Crippen LogP contribution in [0.4, 0.5) is 17.1 Å². The molecule has 24 heavy (non-hydrogen) atoms. The van der Waals surface area contributed by atoms with Gasteiger partial charge < -0.3 is 16.4 Å².